The highest BCUT2D eigenvalue weighted by Crippen LogP contribution is 2.44. The number of aromatic nitrogens is 4. The molecule has 3 aromatic heterocycles. The highest BCUT2D eigenvalue weighted by Gasteiger charge is 2.49. The molecule has 4 aromatic rings. The third-order valence-electron chi connectivity index (χ3n) is 11.7. The Morgan fingerprint density at radius 2 is 1.83 bits per heavy atom. The van der Waals surface area contributed by atoms with Crippen LogP contribution in [-0.4, -0.2) is 126 Å². The maximum absolute atomic E-state index is 15.8. The van der Waals surface area contributed by atoms with Crippen LogP contribution in [0.2, 0.25) is 5.02 Å². The van der Waals surface area contributed by atoms with Gasteiger partial charge in [-0.1, -0.05) is 11.6 Å². The number of nitrogens with one attached hydrogen (secondary N) is 1. The standard InChI is InChI=1S/C38H48ClFN10O3Si/c1-37(2,3)53-36(52)48-19-26(20-48)47-12-7-24(18-47)34(54)49-21-38(22-49)8-13-46(14-9-38)35-45-30(31-32(41)43-11-15-50(31)35)27-5-4-23(16-28(27)40)33(51)44-29-17-25(39)6-10-42-29/h4-6,10-11,15-17,24,26,34H,7-9,12-14,18-22H2,1-3,54H3,(H2,41,43)(H,42,44,51)/t24-,34?/m0/s1. The number of carbonyl (C=O) groups is 2. The molecule has 4 fully saturated rings. The number of hydrogen-bond acceptors (Lipinski definition) is 10. The van der Waals surface area contributed by atoms with Gasteiger partial charge in [-0.25, -0.2) is 24.1 Å². The van der Waals surface area contributed by atoms with Crippen molar-refractivity contribution in [2.24, 2.45) is 11.3 Å². The van der Waals surface area contributed by atoms with E-state index in [9.17, 15) is 9.59 Å². The van der Waals surface area contributed by atoms with E-state index < -0.39 is 17.3 Å². The number of hydrogen-bond donors (Lipinski definition) is 2. The fourth-order valence-electron chi connectivity index (χ4n) is 8.57. The van der Waals surface area contributed by atoms with Crippen molar-refractivity contribution < 1.29 is 18.7 Å². The first kappa shape index (κ1) is 36.7. The number of nitrogen functional groups attached to an aromatic ring is 1. The van der Waals surface area contributed by atoms with Gasteiger partial charge in [0.1, 0.15) is 34.3 Å². The average Bonchev–Trinajstić information content (AvgIpc) is 3.72. The Kier molecular flexibility index (Phi) is 9.55. The van der Waals surface area contributed by atoms with Crippen molar-refractivity contribution in [1.82, 2.24) is 34.1 Å². The highest BCUT2D eigenvalue weighted by atomic mass is 35.5. The predicted molar refractivity (Wildman–Crippen MR) is 210 cm³/mol. The van der Waals surface area contributed by atoms with E-state index in [2.05, 4.69) is 30.0 Å². The van der Waals surface area contributed by atoms with Gasteiger partial charge in [0, 0.05) is 96.8 Å². The van der Waals surface area contributed by atoms with Crippen LogP contribution in [0.4, 0.5) is 26.8 Å². The molecule has 54 heavy (non-hydrogen) atoms. The predicted octanol–water partition coefficient (Wildman–Crippen LogP) is 3.95. The molecule has 1 aromatic carbocycles. The second kappa shape index (κ2) is 14.1. The van der Waals surface area contributed by atoms with Crippen molar-refractivity contribution >= 4 is 56.9 Å². The molecule has 8 rings (SSSR count). The molecule has 16 heteroatoms. The minimum atomic E-state index is -0.595. The first-order valence-electron chi connectivity index (χ1n) is 18.8. The van der Waals surface area contributed by atoms with Crippen LogP contribution in [0.1, 0.15) is 50.4 Å². The van der Waals surface area contributed by atoms with Crippen molar-refractivity contribution in [3.8, 4) is 11.3 Å². The lowest BCUT2D eigenvalue weighted by Gasteiger charge is -2.57. The second-order valence-corrected chi connectivity index (χ2v) is 18.1. The van der Waals surface area contributed by atoms with Crippen LogP contribution in [0.5, 0.6) is 0 Å². The molecule has 0 radical (unpaired) electrons. The highest BCUT2D eigenvalue weighted by molar-refractivity contribution is 6.30. The summed E-state index contributed by atoms with van der Waals surface area (Å²) in [4.78, 5) is 48.1. The van der Waals surface area contributed by atoms with Gasteiger partial charge in [0.25, 0.3) is 5.91 Å². The van der Waals surface area contributed by atoms with E-state index in [1.165, 1.54) is 24.8 Å². The Balaban J connectivity index is 0.882. The van der Waals surface area contributed by atoms with E-state index >= 15 is 4.39 Å². The lowest BCUT2D eigenvalue weighted by Crippen LogP contribution is -2.65. The number of halogens is 2. The van der Waals surface area contributed by atoms with Crippen molar-refractivity contribution in [2.45, 2.75) is 57.3 Å². The second-order valence-electron chi connectivity index (χ2n) is 16.5. The van der Waals surface area contributed by atoms with Crippen LogP contribution in [0.3, 0.4) is 0 Å². The molecule has 13 nitrogen and oxygen atoms in total. The lowest BCUT2D eigenvalue weighted by molar-refractivity contribution is -0.0407. The van der Waals surface area contributed by atoms with Gasteiger partial charge in [-0.3, -0.25) is 14.1 Å². The number of anilines is 3. The summed E-state index contributed by atoms with van der Waals surface area (Å²) in [5, 5.41) is 3.08. The van der Waals surface area contributed by atoms with Gasteiger partial charge >= 0.3 is 6.09 Å². The summed E-state index contributed by atoms with van der Waals surface area (Å²) in [6.07, 6.45) is 8.07. The minimum Gasteiger partial charge on any atom is -0.444 e. The van der Waals surface area contributed by atoms with Gasteiger partial charge in [0.2, 0.25) is 5.95 Å². The molecule has 3 N–H and O–H groups in total. The molecule has 7 heterocycles. The third kappa shape index (κ3) is 7.14. The van der Waals surface area contributed by atoms with Crippen LogP contribution >= 0.6 is 11.6 Å². The van der Waals surface area contributed by atoms with Gasteiger partial charge < -0.3 is 30.5 Å². The molecule has 1 spiro atoms. The molecule has 1 unspecified atom stereocenters. The number of carbonyl (C=O) groups excluding carboxylic acids is 2. The van der Waals surface area contributed by atoms with Gasteiger partial charge in [0.15, 0.2) is 0 Å². The van der Waals surface area contributed by atoms with E-state index in [-0.39, 0.29) is 28.9 Å². The first-order valence-corrected chi connectivity index (χ1v) is 20.4. The van der Waals surface area contributed by atoms with Crippen LogP contribution in [0.25, 0.3) is 16.8 Å². The first-order chi connectivity index (χ1) is 25.8. The fourth-order valence-corrected chi connectivity index (χ4v) is 9.64. The number of rotatable bonds is 7. The Morgan fingerprint density at radius 3 is 2.54 bits per heavy atom. The summed E-state index contributed by atoms with van der Waals surface area (Å²) in [6.45, 7) is 13.4. The molecule has 4 aliphatic heterocycles. The monoisotopic (exact) mass is 774 g/mol. The van der Waals surface area contributed by atoms with Crippen molar-refractivity contribution in [3.63, 3.8) is 0 Å². The molecule has 0 bridgehead atoms. The van der Waals surface area contributed by atoms with Crippen molar-refractivity contribution in [3.05, 3.63) is 65.3 Å². The summed E-state index contributed by atoms with van der Waals surface area (Å²) in [5.74, 6) is 0.817. The fraction of sp³-hybridized carbons (Fsp3) is 0.500. The van der Waals surface area contributed by atoms with Gasteiger partial charge in [-0.15, -0.1) is 0 Å². The largest absolute Gasteiger partial charge is 0.444 e. The summed E-state index contributed by atoms with van der Waals surface area (Å²) < 4.78 is 23.2. The van der Waals surface area contributed by atoms with Gasteiger partial charge in [0.05, 0.1) is 0 Å². The minimum absolute atomic E-state index is 0.135. The number of amides is 2. The average molecular weight is 775 g/mol. The van der Waals surface area contributed by atoms with Crippen LogP contribution in [0, 0.1) is 17.2 Å². The van der Waals surface area contributed by atoms with E-state index in [1.807, 2.05) is 36.3 Å². The van der Waals surface area contributed by atoms with Gasteiger partial charge in [-0.2, -0.15) is 0 Å². The Bertz CT molecular complexity index is 2070. The van der Waals surface area contributed by atoms with E-state index in [0.717, 1.165) is 75.4 Å². The van der Waals surface area contributed by atoms with Crippen LogP contribution in [0.15, 0.2) is 48.9 Å². The summed E-state index contributed by atoms with van der Waals surface area (Å²) in [7, 11) is 1.13. The molecular formula is C38H48ClFN10O3Si. The number of piperidine rings is 1. The number of benzene rings is 1. The zero-order valence-corrected chi connectivity index (χ0v) is 34.0. The zero-order chi connectivity index (χ0) is 37.9. The SMILES string of the molecule is CC(C)(C)OC(=O)N1CC(N2CC[C@H](C([SiH3])N3CC4(CCN(c5nc(-c6ccc(C(=O)Nc7cc(Cl)ccn7)cc6F)c6c(N)nccn56)CC4)C3)C2)C1. The Morgan fingerprint density at radius 1 is 1.07 bits per heavy atom. The molecule has 0 aliphatic carbocycles. The lowest BCUT2D eigenvalue weighted by atomic mass is 9.71. The number of nitrogens with two attached hydrogens (primary N) is 1. The third-order valence-corrected chi connectivity index (χ3v) is 13.7. The maximum atomic E-state index is 15.8. The molecular weight excluding hydrogens is 727 g/mol. The van der Waals surface area contributed by atoms with Crippen molar-refractivity contribution in [1.29, 1.82) is 0 Å². The van der Waals surface area contributed by atoms with E-state index in [4.69, 9.17) is 27.1 Å². The number of imidazole rings is 1. The number of fused-ring (bicyclic) bond motifs is 1. The molecule has 4 saturated heterocycles. The summed E-state index contributed by atoms with van der Waals surface area (Å²) in [6, 6.07) is 7.88. The molecule has 0 saturated carbocycles. The van der Waals surface area contributed by atoms with Crippen molar-refractivity contribution in [2.75, 3.05) is 68.3 Å². The molecule has 2 atom stereocenters. The number of ether oxygens (including phenoxy) is 1. The molecule has 4 aliphatic rings. The van der Waals surface area contributed by atoms with E-state index in [1.54, 1.807) is 24.4 Å². The summed E-state index contributed by atoms with van der Waals surface area (Å²) in [5.41, 5.74) is 8.16. The molecule has 2 amide bonds. The number of nitrogens with zero attached hydrogens (tertiary/aromatic N) is 8. The van der Waals surface area contributed by atoms with Gasteiger partial charge in [-0.05, 0) is 93.9 Å². The normalized spacial score (nSPS) is 21.3. The van der Waals surface area contributed by atoms with Crippen LogP contribution in [-0.2, 0) is 4.74 Å². The smallest absolute Gasteiger partial charge is 0.410 e. The maximum Gasteiger partial charge on any atom is 0.410 e. The number of likely N-dealkylation sites (tertiary alicyclic amines) is 3. The van der Waals surface area contributed by atoms with Crippen LogP contribution < -0.4 is 16.0 Å². The zero-order valence-electron chi connectivity index (χ0n) is 31.3. The van der Waals surface area contributed by atoms with E-state index in [0.29, 0.717) is 45.2 Å². The molecule has 286 valence electrons. The summed E-state index contributed by atoms with van der Waals surface area (Å²) >= 11 is 6.02. The topological polar surface area (TPSA) is 137 Å². The Hall–Kier alpha value is -4.31. The quantitative estimate of drug-likeness (QED) is 0.266. The Labute approximate surface area is 322 Å². The number of pyridine rings is 1.